The van der Waals surface area contributed by atoms with Crippen molar-refractivity contribution in [2.45, 2.75) is 64.5 Å². The predicted octanol–water partition coefficient (Wildman–Crippen LogP) is 1.87. The van der Waals surface area contributed by atoms with Gasteiger partial charge in [0.25, 0.3) is 0 Å². The number of carbonyl (C=O) groups is 2. The lowest BCUT2D eigenvalue weighted by Crippen LogP contribution is -2.52. The highest BCUT2D eigenvalue weighted by Crippen LogP contribution is 2.24. The standard InChI is InChI=1S/C16H28N2O3/c1-11-5-3-4-6-14(11)17-15(19)12(2)18-9-7-13(8-10-18)16(20)21/h11-14H,3-10H2,1-2H3,(H,17,19)(H,20,21). The van der Waals surface area contributed by atoms with Gasteiger partial charge in [-0.2, -0.15) is 0 Å². The molecule has 0 aromatic carbocycles. The summed E-state index contributed by atoms with van der Waals surface area (Å²) in [5.74, 6) is -0.284. The number of nitrogens with zero attached hydrogens (tertiary/aromatic N) is 1. The summed E-state index contributed by atoms with van der Waals surface area (Å²) in [5.41, 5.74) is 0. The highest BCUT2D eigenvalue weighted by atomic mass is 16.4. The molecule has 3 unspecified atom stereocenters. The van der Waals surface area contributed by atoms with Crippen LogP contribution in [0.25, 0.3) is 0 Å². The molecule has 1 aliphatic carbocycles. The van der Waals surface area contributed by atoms with Crippen LogP contribution in [0, 0.1) is 11.8 Å². The molecule has 2 N–H and O–H groups in total. The first-order valence-corrected chi connectivity index (χ1v) is 8.26. The van der Waals surface area contributed by atoms with E-state index in [1.165, 1.54) is 19.3 Å². The Bertz CT molecular complexity index is 378. The molecule has 1 saturated carbocycles. The van der Waals surface area contributed by atoms with Crippen LogP contribution in [0.5, 0.6) is 0 Å². The van der Waals surface area contributed by atoms with Crippen LogP contribution in [0.1, 0.15) is 52.4 Å². The van der Waals surface area contributed by atoms with Crippen LogP contribution in [0.4, 0.5) is 0 Å². The van der Waals surface area contributed by atoms with Crippen molar-refractivity contribution < 1.29 is 14.7 Å². The second-order valence-corrected chi connectivity index (χ2v) is 6.70. The van der Waals surface area contributed by atoms with Gasteiger partial charge in [-0.05, 0) is 51.6 Å². The predicted molar refractivity (Wildman–Crippen MR) is 81.0 cm³/mol. The third-order valence-corrected chi connectivity index (χ3v) is 5.25. The van der Waals surface area contributed by atoms with E-state index in [2.05, 4.69) is 17.1 Å². The van der Waals surface area contributed by atoms with E-state index >= 15 is 0 Å². The SMILES string of the molecule is CC1CCCCC1NC(=O)C(C)N1CCC(C(=O)O)CC1. The number of piperidine rings is 1. The van der Waals surface area contributed by atoms with E-state index in [9.17, 15) is 9.59 Å². The third-order valence-electron chi connectivity index (χ3n) is 5.25. The highest BCUT2D eigenvalue weighted by molar-refractivity contribution is 5.81. The fourth-order valence-electron chi connectivity index (χ4n) is 3.53. The molecule has 3 atom stereocenters. The van der Waals surface area contributed by atoms with Crippen LogP contribution in [0.3, 0.4) is 0 Å². The molecule has 1 amide bonds. The van der Waals surface area contributed by atoms with E-state index in [0.29, 0.717) is 37.9 Å². The molecular formula is C16H28N2O3. The Balaban J connectivity index is 1.81. The summed E-state index contributed by atoms with van der Waals surface area (Å²) in [6.07, 6.45) is 6.04. The topological polar surface area (TPSA) is 69.6 Å². The monoisotopic (exact) mass is 296 g/mol. The smallest absolute Gasteiger partial charge is 0.306 e. The lowest BCUT2D eigenvalue weighted by Gasteiger charge is -2.36. The van der Waals surface area contributed by atoms with Gasteiger partial charge in [0.2, 0.25) is 5.91 Å². The maximum Gasteiger partial charge on any atom is 0.306 e. The average molecular weight is 296 g/mol. The number of carboxylic acid groups (broad SMARTS) is 1. The molecule has 0 radical (unpaired) electrons. The van der Waals surface area contributed by atoms with Gasteiger partial charge in [-0.25, -0.2) is 0 Å². The number of nitrogens with one attached hydrogen (secondary N) is 1. The first kappa shape index (κ1) is 16.3. The number of amides is 1. The van der Waals surface area contributed by atoms with Crippen molar-refractivity contribution in [1.29, 1.82) is 0 Å². The largest absolute Gasteiger partial charge is 0.481 e. The molecule has 1 aliphatic heterocycles. The van der Waals surface area contributed by atoms with Crippen molar-refractivity contribution in [1.82, 2.24) is 10.2 Å². The molecule has 2 rings (SSSR count). The zero-order chi connectivity index (χ0) is 15.4. The number of hydrogen-bond donors (Lipinski definition) is 2. The minimum atomic E-state index is -0.706. The molecule has 2 fully saturated rings. The molecule has 21 heavy (non-hydrogen) atoms. The van der Waals surface area contributed by atoms with Gasteiger partial charge >= 0.3 is 5.97 Å². The normalized spacial score (nSPS) is 29.8. The van der Waals surface area contributed by atoms with Crippen molar-refractivity contribution in [3.8, 4) is 0 Å². The molecule has 5 nitrogen and oxygen atoms in total. The summed E-state index contributed by atoms with van der Waals surface area (Å²) < 4.78 is 0. The summed E-state index contributed by atoms with van der Waals surface area (Å²) in [5, 5.41) is 12.2. The zero-order valence-corrected chi connectivity index (χ0v) is 13.2. The Morgan fingerprint density at radius 3 is 2.33 bits per heavy atom. The van der Waals surface area contributed by atoms with Crippen LogP contribution in [0.2, 0.25) is 0 Å². The lowest BCUT2D eigenvalue weighted by atomic mass is 9.86. The van der Waals surface area contributed by atoms with Gasteiger partial charge < -0.3 is 10.4 Å². The van der Waals surface area contributed by atoms with Crippen LogP contribution >= 0.6 is 0 Å². The molecule has 1 heterocycles. The van der Waals surface area contributed by atoms with Crippen molar-refractivity contribution in [2.24, 2.45) is 11.8 Å². The maximum atomic E-state index is 12.4. The quantitative estimate of drug-likeness (QED) is 0.831. The van der Waals surface area contributed by atoms with Gasteiger partial charge in [0.05, 0.1) is 12.0 Å². The Labute approximate surface area is 127 Å². The van der Waals surface area contributed by atoms with E-state index in [0.717, 1.165) is 6.42 Å². The molecule has 5 heteroatoms. The highest BCUT2D eigenvalue weighted by Gasteiger charge is 2.31. The number of likely N-dealkylation sites (tertiary alicyclic amines) is 1. The molecule has 0 spiro atoms. The fraction of sp³-hybridized carbons (Fsp3) is 0.875. The fourth-order valence-corrected chi connectivity index (χ4v) is 3.53. The summed E-state index contributed by atoms with van der Waals surface area (Å²) >= 11 is 0. The summed E-state index contributed by atoms with van der Waals surface area (Å²) in [7, 11) is 0. The van der Waals surface area contributed by atoms with Gasteiger partial charge in [-0.3, -0.25) is 14.5 Å². The summed E-state index contributed by atoms with van der Waals surface area (Å²) in [4.78, 5) is 25.5. The minimum absolute atomic E-state index is 0.0996. The second kappa shape index (κ2) is 7.25. The first-order chi connectivity index (χ1) is 9.99. The van der Waals surface area contributed by atoms with Gasteiger partial charge in [0, 0.05) is 6.04 Å². The van der Waals surface area contributed by atoms with Crippen molar-refractivity contribution in [2.75, 3.05) is 13.1 Å². The molecule has 0 bridgehead atoms. The van der Waals surface area contributed by atoms with Crippen LogP contribution in [0.15, 0.2) is 0 Å². The number of carbonyl (C=O) groups excluding carboxylic acids is 1. The minimum Gasteiger partial charge on any atom is -0.481 e. The molecule has 0 aromatic rings. The van der Waals surface area contributed by atoms with E-state index in [1.807, 2.05) is 6.92 Å². The van der Waals surface area contributed by atoms with Gasteiger partial charge in [0.15, 0.2) is 0 Å². The van der Waals surface area contributed by atoms with Crippen molar-refractivity contribution >= 4 is 11.9 Å². The maximum absolute atomic E-state index is 12.4. The lowest BCUT2D eigenvalue weighted by molar-refractivity contribution is -0.143. The van der Waals surface area contributed by atoms with Crippen LogP contribution in [-0.4, -0.2) is 47.1 Å². The third kappa shape index (κ3) is 4.19. The summed E-state index contributed by atoms with van der Waals surface area (Å²) in [6.45, 7) is 5.55. The van der Waals surface area contributed by atoms with E-state index < -0.39 is 5.97 Å². The Hall–Kier alpha value is -1.10. The molecular weight excluding hydrogens is 268 g/mol. The van der Waals surface area contributed by atoms with E-state index in [-0.39, 0.29) is 17.9 Å². The number of carboxylic acids is 1. The Kier molecular flexibility index (Phi) is 5.62. The molecule has 120 valence electrons. The van der Waals surface area contributed by atoms with E-state index in [1.54, 1.807) is 0 Å². The van der Waals surface area contributed by atoms with Crippen LogP contribution in [-0.2, 0) is 9.59 Å². The van der Waals surface area contributed by atoms with E-state index in [4.69, 9.17) is 5.11 Å². The number of aliphatic carboxylic acids is 1. The molecule has 2 aliphatic rings. The van der Waals surface area contributed by atoms with Gasteiger partial charge in [-0.1, -0.05) is 19.8 Å². The van der Waals surface area contributed by atoms with Crippen molar-refractivity contribution in [3.05, 3.63) is 0 Å². The number of hydrogen-bond acceptors (Lipinski definition) is 3. The molecule has 1 saturated heterocycles. The number of rotatable bonds is 4. The molecule has 0 aromatic heterocycles. The van der Waals surface area contributed by atoms with Gasteiger partial charge in [0.1, 0.15) is 0 Å². The van der Waals surface area contributed by atoms with Crippen LogP contribution < -0.4 is 5.32 Å². The summed E-state index contributed by atoms with van der Waals surface area (Å²) in [6, 6.07) is 0.152. The Morgan fingerprint density at radius 2 is 1.76 bits per heavy atom. The van der Waals surface area contributed by atoms with Crippen molar-refractivity contribution in [3.63, 3.8) is 0 Å². The first-order valence-electron chi connectivity index (χ1n) is 8.26. The zero-order valence-electron chi connectivity index (χ0n) is 13.2. The Morgan fingerprint density at radius 1 is 1.14 bits per heavy atom. The second-order valence-electron chi connectivity index (χ2n) is 6.70. The average Bonchev–Trinajstić information content (AvgIpc) is 2.49. The van der Waals surface area contributed by atoms with Gasteiger partial charge in [-0.15, -0.1) is 0 Å².